The molecule has 0 aliphatic carbocycles. The Hall–Kier alpha value is -4.77. The van der Waals surface area contributed by atoms with E-state index < -0.39 is 0 Å². The Balaban J connectivity index is 1.66. The maximum Gasteiger partial charge on any atom is 0.258 e. The number of nitrogens with zero attached hydrogens (tertiary/aromatic N) is 3. The molecule has 0 unspecified atom stereocenters. The summed E-state index contributed by atoms with van der Waals surface area (Å²) in [7, 11) is 0. The lowest BCUT2D eigenvalue weighted by Gasteiger charge is -2.19. The predicted octanol–water partition coefficient (Wildman–Crippen LogP) is 8.53. The number of para-hydroxylation sites is 2. The third kappa shape index (κ3) is 5.00. The molecule has 3 aromatic carbocycles. The first-order valence-corrected chi connectivity index (χ1v) is 14.1. The molecule has 0 saturated carbocycles. The van der Waals surface area contributed by atoms with Gasteiger partial charge < -0.3 is 4.98 Å². The van der Waals surface area contributed by atoms with Crippen molar-refractivity contribution in [1.29, 1.82) is 0 Å². The van der Waals surface area contributed by atoms with Crippen LogP contribution in [0.4, 0.5) is 0 Å². The lowest BCUT2D eigenvalue weighted by atomic mass is 9.87. The lowest BCUT2D eigenvalue weighted by Crippen LogP contribution is -2.18. The van der Waals surface area contributed by atoms with Gasteiger partial charge in [-0.1, -0.05) is 77.1 Å². The van der Waals surface area contributed by atoms with Crippen molar-refractivity contribution >= 4 is 11.0 Å². The van der Waals surface area contributed by atoms with Crippen LogP contribution in [0.25, 0.3) is 50.5 Å². The number of fused-ring (bicyclic) bond motifs is 1. The van der Waals surface area contributed by atoms with Gasteiger partial charge >= 0.3 is 0 Å². The number of nitrogens with one attached hydrogen (secondary N) is 1. The van der Waals surface area contributed by atoms with Crippen molar-refractivity contribution in [2.24, 2.45) is 0 Å². The number of rotatable bonds is 5. The topological polar surface area (TPSA) is 63.6 Å². The fraction of sp³-hybridized carbons (Fsp3) is 0.194. The zero-order chi connectivity index (χ0) is 28.7. The van der Waals surface area contributed by atoms with Gasteiger partial charge in [0.05, 0.1) is 22.3 Å². The van der Waals surface area contributed by atoms with Crippen molar-refractivity contribution in [3.8, 4) is 39.5 Å². The molecule has 0 saturated heterocycles. The van der Waals surface area contributed by atoms with Gasteiger partial charge in [0.1, 0.15) is 0 Å². The first-order chi connectivity index (χ1) is 19.7. The second kappa shape index (κ2) is 10.3. The Kier molecular flexibility index (Phi) is 6.66. The average Bonchev–Trinajstić information content (AvgIpc) is 3.37. The lowest BCUT2D eigenvalue weighted by molar-refractivity contribution is 0.587. The Morgan fingerprint density at radius 3 is 2.27 bits per heavy atom. The summed E-state index contributed by atoms with van der Waals surface area (Å²) in [4.78, 5) is 26.1. The molecule has 0 amide bonds. The van der Waals surface area contributed by atoms with Crippen molar-refractivity contribution in [3.63, 3.8) is 0 Å². The SMILES string of the molecule is CC(C)c1cc(-c2ccccn2)cc(-c2cccc3c2nc(-c2cc(C(C)(C)C)c[nH]c2=O)n3-c2ccccc2)c1. The van der Waals surface area contributed by atoms with Gasteiger partial charge in [-0.15, -0.1) is 0 Å². The summed E-state index contributed by atoms with van der Waals surface area (Å²) in [5.41, 5.74) is 9.37. The van der Waals surface area contributed by atoms with E-state index in [-0.39, 0.29) is 11.0 Å². The van der Waals surface area contributed by atoms with E-state index in [0.29, 0.717) is 17.3 Å². The highest BCUT2D eigenvalue weighted by atomic mass is 16.1. The van der Waals surface area contributed by atoms with Crippen LogP contribution in [0, 0.1) is 0 Å². The monoisotopic (exact) mass is 538 g/mol. The van der Waals surface area contributed by atoms with Gasteiger partial charge in [0.15, 0.2) is 5.82 Å². The average molecular weight is 539 g/mol. The fourth-order valence-electron chi connectivity index (χ4n) is 5.26. The molecule has 0 spiro atoms. The molecule has 6 aromatic rings. The first kappa shape index (κ1) is 26.5. The smallest absolute Gasteiger partial charge is 0.258 e. The highest BCUT2D eigenvalue weighted by molar-refractivity contribution is 5.96. The molecular formula is C36H34N4O. The van der Waals surface area contributed by atoms with Gasteiger partial charge in [0, 0.05) is 29.2 Å². The van der Waals surface area contributed by atoms with Crippen LogP contribution in [0.3, 0.4) is 0 Å². The van der Waals surface area contributed by atoms with Crippen molar-refractivity contribution in [3.05, 3.63) is 125 Å². The van der Waals surface area contributed by atoms with Gasteiger partial charge in [0.25, 0.3) is 5.56 Å². The van der Waals surface area contributed by atoms with Gasteiger partial charge in [0.2, 0.25) is 0 Å². The summed E-state index contributed by atoms with van der Waals surface area (Å²) in [5.74, 6) is 0.962. The summed E-state index contributed by atoms with van der Waals surface area (Å²) in [5, 5.41) is 0. The summed E-state index contributed by atoms with van der Waals surface area (Å²) < 4.78 is 2.10. The first-order valence-electron chi connectivity index (χ1n) is 14.1. The molecular weight excluding hydrogens is 504 g/mol. The van der Waals surface area contributed by atoms with E-state index in [2.05, 4.69) is 97.7 Å². The summed E-state index contributed by atoms with van der Waals surface area (Å²) >= 11 is 0. The summed E-state index contributed by atoms with van der Waals surface area (Å²) in [6, 6.07) is 31.0. The molecule has 3 aromatic heterocycles. The van der Waals surface area contributed by atoms with Crippen LogP contribution in [0.5, 0.6) is 0 Å². The minimum absolute atomic E-state index is 0.132. The third-order valence-corrected chi connectivity index (χ3v) is 7.60. The minimum Gasteiger partial charge on any atom is -0.328 e. The number of pyridine rings is 2. The van der Waals surface area contributed by atoms with Crippen LogP contribution in [0.2, 0.25) is 0 Å². The minimum atomic E-state index is -0.161. The van der Waals surface area contributed by atoms with Crippen LogP contribution < -0.4 is 5.56 Å². The highest BCUT2D eigenvalue weighted by Crippen LogP contribution is 2.37. The van der Waals surface area contributed by atoms with Crippen molar-refractivity contribution in [2.75, 3.05) is 0 Å². The van der Waals surface area contributed by atoms with Crippen LogP contribution in [0.15, 0.2) is 108 Å². The zero-order valence-electron chi connectivity index (χ0n) is 24.1. The molecule has 3 heterocycles. The molecule has 5 nitrogen and oxygen atoms in total. The van der Waals surface area contributed by atoms with Crippen LogP contribution in [-0.4, -0.2) is 19.5 Å². The Morgan fingerprint density at radius 2 is 1.56 bits per heavy atom. The number of imidazole rings is 1. The summed E-state index contributed by atoms with van der Waals surface area (Å²) in [6.45, 7) is 10.8. The standard InChI is InChI=1S/C36H34N4O/c1-23(2)24-18-25(20-26(19-24)31-15-9-10-17-37-31)29-14-11-16-32-33(29)39-34(40(32)28-12-7-6-8-13-28)30-21-27(36(3,4)5)22-38-35(30)41/h6-23H,1-5H3,(H,38,41). The largest absolute Gasteiger partial charge is 0.328 e. The number of aromatic nitrogens is 4. The second-order valence-electron chi connectivity index (χ2n) is 11.9. The molecule has 0 aliphatic heterocycles. The van der Waals surface area contributed by atoms with E-state index in [4.69, 9.17) is 4.98 Å². The molecule has 41 heavy (non-hydrogen) atoms. The summed E-state index contributed by atoms with van der Waals surface area (Å²) in [6.07, 6.45) is 3.64. The maximum absolute atomic E-state index is 13.3. The van der Waals surface area contributed by atoms with Crippen molar-refractivity contribution in [2.45, 2.75) is 46.0 Å². The normalized spacial score (nSPS) is 11.9. The molecule has 6 rings (SSSR count). The van der Waals surface area contributed by atoms with Gasteiger partial charge in [-0.2, -0.15) is 0 Å². The molecule has 1 N–H and O–H groups in total. The number of benzene rings is 3. The molecule has 0 aliphatic rings. The van der Waals surface area contributed by atoms with E-state index in [1.165, 1.54) is 5.56 Å². The van der Waals surface area contributed by atoms with Crippen LogP contribution >= 0.6 is 0 Å². The molecule has 0 fully saturated rings. The number of aromatic amines is 1. The van der Waals surface area contributed by atoms with Crippen LogP contribution in [-0.2, 0) is 5.41 Å². The van der Waals surface area contributed by atoms with Gasteiger partial charge in [-0.3, -0.25) is 14.3 Å². The Bertz CT molecular complexity index is 1910. The third-order valence-electron chi connectivity index (χ3n) is 7.60. The van der Waals surface area contributed by atoms with E-state index in [1.54, 1.807) is 0 Å². The molecule has 0 bridgehead atoms. The van der Waals surface area contributed by atoms with Crippen molar-refractivity contribution in [1.82, 2.24) is 19.5 Å². The number of H-pyrrole nitrogens is 1. The fourth-order valence-corrected chi connectivity index (χ4v) is 5.26. The number of hydrogen-bond donors (Lipinski definition) is 1. The quantitative estimate of drug-likeness (QED) is 0.239. The molecule has 0 atom stereocenters. The van der Waals surface area contributed by atoms with E-state index in [9.17, 15) is 4.79 Å². The Labute approximate surface area is 240 Å². The predicted molar refractivity (Wildman–Crippen MR) is 169 cm³/mol. The maximum atomic E-state index is 13.3. The Morgan fingerprint density at radius 1 is 0.805 bits per heavy atom. The molecule has 5 heteroatoms. The van der Waals surface area contributed by atoms with E-state index in [1.807, 2.05) is 54.9 Å². The second-order valence-corrected chi connectivity index (χ2v) is 11.9. The zero-order valence-corrected chi connectivity index (χ0v) is 24.1. The number of hydrogen-bond acceptors (Lipinski definition) is 3. The molecule has 0 radical (unpaired) electrons. The van der Waals surface area contributed by atoms with Crippen molar-refractivity contribution < 1.29 is 0 Å². The molecule has 204 valence electrons. The van der Waals surface area contributed by atoms with Gasteiger partial charge in [-0.25, -0.2) is 4.98 Å². The van der Waals surface area contributed by atoms with Crippen LogP contribution in [0.1, 0.15) is 51.7 Å². The van der Waals surface area contributed by atoms with Gasteiger partial charge in [-0.05, 0) is 76.6 Å². The van der Waals surface area contributed by atoms with E-state index >= 15 is 0 Å². The van der Waals surface area contributed by atoms with E-state index in [0.717, 1.165) is 44.7 Å². The highest BCUT2D eigenvalue weighted by Gasteiger charge is 2.22.